The summed E-state index contributed by atoms with van der Waals surface area (Å²) in [7, 11) is 1.72. The van der Waals surface area contributed by atoms with E-state index in [1.165, 1.54) is 0 Å². The molecule has 0 saturated carbocycles. The summed E-state index contributed by atoms with van der Waals surface area (Å²) in [6, 6.07) is 0. The van der Waals surface area contributed by atoms with E-state index in [9.17, 15) is 0 Å². The summed E-state index contributed by atoms with van der Waals surface area (Å²) >= 11 is 0. The monoisotopic (exact) mass is 83.9 g/mol. The minimum Gasteiger partial charge on any atom is -0.381 e. The quantitative estimate of drug-likeness (QED) is 0.351. The van der Waals surface area contributed by atoms with Crippen molar-refractivity contribution in [3.63, 3.8) is 0 Å². The molecule has 1 nitrogen and oxygen atoms in total. The van der Waals surface area contributed by atoms with Crippen LogP contribution in [0.5, 0.6) is 0 Å². The second-order valence-corrected chi connectivity index (χ2v) is 0. The fourth-order valence-electron chi connectivity index (χ4n) is 0. The fraction of sp³-hybridized carbons (Fsp3) is 0. The molecule has 10 radical (unpaired) electrons. The van der Waals surface area contributed by atoms with Crippen molar-refractivity contribution in [1.29, 1.82) is 0 Å². The Hall–Kier alpha value is 0.234. The molecule has 0 aromatic heterocycles. The molecule has 0 bridgehead atoms. The Labute approximate surface area is 33.9 Å². The van der Waals surface area contributed by atoms with Gasteiger partial charge in [0.2, 0.25) is 0 Å². The predicted molar refractivity (Wildman–Crippen MR) is 15.4 cm³/mol. The van der Waals surface area contributed by atoms with Gasteiger partial charge in [-0.05, 0) is 0 Å². The summed E-state index contributed by atoms with van der Waals surface area (Å²) in [6.07, 6.45) is 0. The van der Waals surface area contributed by atoms with Crippen molar-refractivity contribution >= 4 is 21.1 Å². The Morgan fingerprint density at radius 2 is 1.25 bits per heavy atom. The van der Waals surface area contributed by atoms with Gasteiger partial charge in [-0.3, -0.25) is 0 Å². The summed E-state index contributed by atoms with van der Waals surface area (Å²) in [5, 5.41) is 0. The minimum atomic E-state index is 0. The standard InChI is InChI=1S/C.OSi.Si/c;1-2;. The average molecular weight is 84.2 g/mol. The SMILES string of the molecule is O=[Si].[C].[Si]. The maximum Gasteiger partial charge on any atom is 0.381 e. The summed E-state index contributed by atoms with van der Waals surface area (Å²) in [4.78, 5) is 0. The van der Waals surface area contributed by atoms with E-state index in [0.29, 0.717) is 0 Å². The average Bonchev–Trinajstić information content (AvgIpc) is 1.00. The van der Waals surface area contributed by atoms with E-state index in [1.807, 2.05) is 0 Å². The van der Waals surface area contributed by atoms with Crippen LogP contribution in [0.4, 0.5) is 0 Å². The molecule has 3 heteroatoms. The van der Waals surface area contributed by atoms with Crippen LogP contribution < -0.4 is 0 Å². The lowest BCUT2D eigenvalue weighted by Gasteiger charge is -0.803. The molecule has 0 atom stereocenters. The fourth-order valence-corrected chi connectivity index (χ4v) is 0. The molecule has 0 heterocycles. The van der Waals surface area contributed by atoms with Crippen LogP contribution in [0.3, 0.4) is 0 Å². The molecule has 0 saturated heterocycles. The van der Waals surface area contributed by atoms with E-state index in [1.54, 1.807) is 10.1 Å². The molecule has 0 aliphatic carbocycles. The minimum absolute atomic E-state index is 0. The van der Waals surface area contributed by atoms with E-state index in [2.05, 4.69) is 0 Å². The zero-order valence-corrected chi connectivity index (χ0v) is 3.91. The van der Waals surface area contributed by atoms with Crippen molar-refractivity contribution in [2.45, 2.75) is 0 Å². The van der Waals surface area contributed by atoms with Crippen LogP contribution in [0.25, 0.3) is 0 Å². The van der Waals surface area contributed by atoms with E-state index >= 15 is 0 Å². The molecule has 0 aliphatic rings. The third-order valence-electron chi connectivity index (χ3n) is 0. The van der Waals surface area contributed by atoms with Crippen LogP contribution in [0.15, 0.2) is 0 Å². The maximum atomic E-state index is 8.06. The lowest BCUT2D eigenvalue weighted by molar-refractivity contribution is 0.590. The van der Waals surface area contributed by atoms with E-state index in [0.717, 1.165) is 0 Å². The summed E-state index contributed by atoms with van der Waals surface area (Å²) in [6.45, 7) is 0. The molecule has 0 rings (SSSR count). The zero-order valence-electron chi connectivity index (χ0n) is 1.91. The first-order valence-electron chi connectivity index (χ1n) is 0.204. The number of hydrogen-bond donors (Lipinski definition) is 0. The molecule has 0 N–H and O–H groups in total. The predicted octanol–water partition coefficient (Wildman–Crippen LogP) is -0.799. The van der Waals surface area contributed by atoms with Gasteiger partial charge in [0.25, 0.3) is 0 Å². The van der Waals surface area contributed by atoms with Gasteiger partial charge in [-0.1, -0.05) is 0 Å². The highest BCUT2D eigenvalue weighted by Crippen LogP contribution is 0.469. The topological polar surface area (TPSA) is 17.1 Å². The van der Waals surface area contributed by atoms with Crippen molar-refractivity contribution in [3.8, 4) is 0 Å². The van der Waals surface area contributed by atoms with Gasteiger partial charge >= 0.3 is 10.1 Å². The highest BCUT2D eigenvalue weighted by molar-refractivity contribution is 5.85. The summed E-state index contributed by atoms with van der Waals surface area (Å²) < 4.78 is 8.06. The largest absolute Gasteiger partial charge is 0.381 e. The Kier molecular flexibility index (Phi) is 2150. The molecule has 0 aromatic rings. The van der Waals surface area contributed by atoms with Crippen molar-refractivity contribution < 1.29 is 4.46 Å². The van der Waals surface area contributed by atoms with Crippen LogP contribution in [-0.4, -0.2) is 21.1 Å². The molecule has 0 spiro atoms. The first-order chi connectivity index (χ1) is 1.00. The van der Waals surface area contributed by atoms with Gasteiger partial charge in [-0.25, -0.2) is 0 Å². The van der Waals surface area contributed by atoms with E-state index in [4.69, 9.17) is 4.46 Å². The molecule has 4 heavy (non-hydrogen) atoms. The zero-order chi connectivity index (χ0) is 2.00. The van der Waals surface area contributed by atoms with Crippen molar-refractivity contribution in [1.82, 2.24) is 0 Å². The summed E-state index contributed by atoms with van der Waals surface area (Å²) in [5.41, 5.74) is 0. The van der Waals surface area contributed by atoms with E-state index < -0.39 is 0 Å². The lowest BCUT2D eigenvalue weighted by atomic mass is 12.0. The van der Waals surface area contributed by atoms with Gasteiger partial charge in [0.1, 0.15) is 0 Å². The third-order valence-corrected chi connectivity index (χ3v) is 0. The molecular formula is COSi2. The Morgan fingerprint density at radius 1 is 1.25 bits per heavy atom. The summed E-state index contributed by atoms with van der Waals surface area (Å²) in [5.74, 6) is 0. The highest BCUT2D eigenvalue weighted by Gasteiger charge is 0.803. The second kappa shape index (κ2) is 295. The van der Waals surface area contributed by atoms with Gasteiger partial charge < -0.3 is 4.46 Å². The molecule has 0 aliphatic heterocycles. The molecule has 0 unspecified atom stereocenters. The Bertz CT molecular complexity index is 6.00. The lowest BCUT2D eigenvalue weighted by Crippen LogP contribution is -0.969. The maximum absolute atomic E-state index is 8.06. The van der Waals surface area contributed by atoms with E-state index in [-0.39, 0.29) is 18.4 Å². The third kappa shape index (κ3) is 62.2. The van der Waals surface area contributed by atoms with Gasteiger partial charge in [0.15, 0.2) is 0 Å². The van der Waals surface area contributed by atoms with Crippen molar-refractivity contribution in [3.05, 3.63) is 7.43 Å². The number of hydrogen-bond acceptors (Lipinski definition) is 1. The highest BCUT2D eigenvalue weighted by atomic mass is 28.1. The van der Waals surface area contributed by atoms with Crippen molar-refractivity contribution in [2.75, 3.05) is 0 Å². The van der Waals surface area contributed by atoms with Crippen LogP contribution in [0.2, 0.25) is 0 Å². The molecule has 0 aromatic carbocycles. The molecule has 0 fully saturated rings. The van der Waals surface area contributed by atoms with Crippen LogP contribution in [-0.2, 0) is 4.46 Å². The normalized spacial score (nSPS) is 1.00. The van der Waals surface area contributed by atoms with Gasteiger partial charge in [0, 0.05) is 18.4 Å². The van der Waals surface area contributed by atoms with Gasteiger partial charge in [0.05, 0.1) is 0 Å². The first-order valence-corrected chi connectivity index (χ1v) is 0.612. The Balaban J connectivity index is -0.00000000500. The molecule has 0 amide bonds. The smallest absolute Gasteiger partial charge is 0.381 e. The van der Waals surface area contributed by atoms with Gasteiger partial charge in [-0.15, -0.1) is 0 Å². The Morgan fingerprint density at radius 3 is 1.25 bits per heavy atom. The van der Waals surface area contributed by atoms with Crippen LogP contribution in [0.1, 0.15) is 0 Å². The molecular weight excluding hydrogens is 84.2 g/mol. The van der Waals surface area contributed by atoms with Crippen LogP contribution in [0, 0.1) is 7.43 Å². The first kappa shape index (κ1) is 29.1. The van der Waals surface area contributed by atoms with Crippen LogP contribution >= 0.6 is 0 Å². The number of rotatable bonds is 0. The van der Waals surface area contributed by atoms with Crippen molar-refractivity contribution in [2.24, 2.45) is 0 Å². The second-order valence-electron chi connectivity index (χ2n) is 0. The van der Waals surface area contributed by atoms with Gasteiger partial charge in [-0.2, -0.15) is 0 Å². The molecule has 18 valence electrons.